The highest BCUT2D eigenvalue weighted by molar-refractivity contribution is 5.36. The summed E-state index contributed by atoms with van der Waals surface area (Å²) in [5, 5.41) is 0. The Morgan fingerprint density at radius 2 is 1.42 bits per heavy atom. The predicted molar refractivity (Wildman–Crippen MR) is 78.1 cm³/mol. The second kappa shape index (κ2) is 6.28. The van der Waals surface area contributed by atoms with Crippen LogP contribution in [0.1, 0.15) is 16.7 Å². The molecule has 0 atom stereocenters. The molecule has 0 aliphatic rings. The zero-order chi connectivity index (χ0) is 13.7. The van der Waals surface area contributed by atoms with Crippen LogP contribution in [0.2, 0.25) is 0 Å². The monoisotopic (exact) mass is 256 g/mol. The van der Waals surface area contributed by atoms with Gasteiger partial charge in [-0.2, -0.15) is 0 Å². The third kappa shape index (κ3) is 3.50. The van der Waals surface area contributed by atoms with Crippen LogP contribution in [0.4, 0.5) is 0 Å². The van der Waals surface area contributed by atoms with Gasteiger partial charge in [-0.3, -0.25) is 0 Å². The smallest absolute Gasteiger partial charge is 0.121 e. The summed E-state index contributed by atoms with van der Waals surface area (Å²) in [7, 11) is 3.40. The second-order valence-electron chi connectivity index (χ2n) is 4.65. The Morgan fingerprint density at radius 1 is 0.789 bits per heavy atom. The summed E-state index contributed by atoms with van der Waals surface area (Å²) >= 11 is 0. The molecule has 0 radical (unpaired) electrons. The van der Waals surface area contributed by atoms with Gasteiger partial charge in [0.25, 0.3) is 0 Å². The summed E-state index contributed by atoms with van der Waals surface area (Å²) in [5.41, 5.74) is 3.86. The molecule has 0 saturated heterocycles. The highest BCUT2D eigenvalue weighted by Crippen LogP contribution is 2.20. The molecule has 0 aliphatic carbocycles. The summed E-state index contributed by atoms with van der Waals surface area (Å²) in [4.78, 5) is 0. The summed E-state index contributed by atoms with van der Waals surface area (Å²) in [5.74, 6) is 1.86. The maximum Gasteiger partial charge on any atom is 0.121 e. The van der Waals surface area contributed by atoms with E-state index in [4.69, 9.17) is 9.47 Å². The van der Waals surface area contributed by atoms with Crippen molar-refractivity contribution in [3.05, 3.63) is 59.2 Å². The second-order valence-corrected chi connectivity index (χ2v) is 4.65. The first-order valence-electron chi connectivity index (χ1n) is 6.49. The molecule has 0 aliphatic heterocycles. The Kier molecular flexibility index (Phi) is 4.45. The molecular formula is C17H20O2. The first-order valence-corrected chi connectivity index (χ1v) is 6.49. The largest absolute Gasteiger partial charge is 0.497 e. The Bertz CT molecular complexity index is 529. The van der Waals surface area contributed by atoms with Crippen LogP contribution in [-0.2, 0) is 12.8 Å². The minimum Gasteiger partial charge on any atom is -0.497 e. The van der Waals surface area contributed by atoms with Crippen molar-refractivity contribution in [3.63, 3.8) is 0 Å². The lowest BCUT2D eigenvalue weighted by molar-refractivity contribution is 0.411. The maximum absolute atomic E-state index is 5.27. The van der Waals surface area contributed by atoms with Crippen LogP contribution in [0.25, 0.3) is 0 Å². The van der Waals surface area contributed by atoms with Crippen LogP contribution in [-0.4, -0.2) is 14.2 Å². The van der Waals surface area contributed by atoms with E-state index in [0.717, 1.165) is 24.3 Å². The molecule has 0 amide bonds. The number of rotatable bonds is 5. The van der Waals surface area contributed by atoms with Crippen molar-refractivity contribution < 1.29 is 9.47 Å². The molecule has 2 rings (SSSR count). The summed E-state index contributed by atoms with van der Waals surface area (Å²) in [6.45, 7) is 2.08. The topological polar surface area (TPSA) is 18.5 Å². The first kappa shape index (κ1) is 13.5. The number of hydrogen-bond acceptors (Lipinski definition) is 2. The number of hydrogen-bond donors (Lipinski definition) is 0. The summed E-state index contributed by atoms with van der Waals surface area (Å²) in [6, 6.07) is 14.6. The van der Waals surface area contributed by atoms with Crippen molar-refractivity contribution >= 4 is 0 Å². The van der Waals surface area contributed by atoms with Crippen molar-refractivity contribution in [2.45, 2.75) is 19.8 Å². The summed E-state index contributed by atoms with van der Waals surface area (Å²) in [6.07, 6.45) is 2.08. The molecular weight excluding hydrogens is 236 g/mol. The highest BCUT2D eigenvalue weighted by atomic mass is 16.5. The fourth-order valence-electron chi connectivity index (χ4n) is 2.18. The molecule has 0 fully saturated rings. The van der Waals surface area contributed by atoms with E-state index in [2.05, 4.69) is 31.2 Å². The minimum absolute atomic E-state index is 0.907. The van der Waals surface area contributed by atoms with Crippen molar-refractivity contribution in [1.82, 2.24) is 0 Å². The average Bonchev–Trinajstić information content (AvgIpc) is 2.46. The normalized spacial score (nSPS) is 10.3. The fraction of sp³-hybridized carbons (Fsp3) is 0.294. The zero-order valence-electron chi connectivity index (χ0n) is 11.8. The van der Waals surface area contributed by atoms with Crippen LogP contribution in [0, 0.1) is 6.92 Å². The predicted octanol–water partition coefficient (Wildman–Crippen LogP) is 3.80. The minimum atomic E-state index is 0.907. The molecule has 0 aromatic heterocycles. The Hall–Kier alpha value is -1.96. The third-order valence-electron chi connectivity index (χ3n) is 3.32. The number of benzene rings is 2. The number of aryl methyl sites for hydroxylation is 3. The van der Waals surface area contributed by atoms with Gasteiger partial charge in [0.05, 0.1) is 14.2 Å². The molecule has 0 N–H and O–H groups in total. The Balaban J connectivity index is 1.99. The average molecular weight is 256 g/mol. The molecule has 2 aromatic rings. The van der Waals surface area contributed by atoms with Gasteiger partial charge < -0.3 is 9.47 Å². The third-order valence-corrected chi connectivity index (χ3v) is 3.32. The van der Waals surface area contributed by atoms with Gasteiger partial charge in [0.15, 0.2) is 0 Å². The molecule has 0 unspecified atom stereocenters. The summed E-state index contributed by atoms with van der Waals surface area (Å²) < 4.78 is 10.4. The molecule has 2 nitrogen and oxygen atoms in total. The Morgan fingerprint density at radius 3 is 2.00 bits per heavy atom. The lowest BCUT2D eigenvalue weighted by Gasteiger charge is -2.08. The number of ether oxygens (including phenoxy) is 2. The zero-order valence-corrected chi connectivity index (χ0v) is 11.8. The van der Waals surface area contributed by atoms with Crippen LogP contribution < -0.4 is 9.47 Å². The van der Waals surface area contributed by atoms with Crippen LogP contribution in [0.5, 0.6) is 11.5 Å². The molecule has 0 bridgehead atoms. The van der Waals surface area contributed by atoms with E-state index in [1.165, 1.54) is 16.7 Å². The maximum atomic E-state index is 5.27. The van der Waals surface area contributed by atoms with E-state index in [9.17, 15) is 0 Å². The molecule has 19 heavy (non-hydrogen) atoms. The van der Waals surface area contributed by atoms with Crippen molar-refractivity contribution in [3.8, 4) is 11.5 Å². The SMILES string of the molecule is COc1ccc(CCc2ccc(OC)c(C)c2)cc1. The first-order chi connectivity index (χ1) is 9.22. The highest BCUT2D eigenvalue weighted by Gasteiger charge is 2.01. The fourth-order valence-corrected chi connectivity index (χ4v) is 2.18. The van der Waals surface area contributed by atoms with Crippen LogP contribution in [0.3, 0.4) is 0 Å². The van der Waals surface area contributed by atoms with E-state index >= 15 is 0 Å². The van der Waals surface area contributed by atoms with Gasteiger partial charge in [0.2, 0.25) is 0 Å². The molecule has 0 spiro atoms. The van der Waals surface area contributed by atoms with E-state index in [1.807, 2.05) is 18.2 Å². The van der Waals surface area contributed by atoms with Gasteiger partial charge in [-0.1, -0.05) is 24.3 Å². The number of methoxy groups -OCH3 is 2. The van der Waals surface area contributed by atoms with Crippen molar-refractivity contribution in [1.29, 1.82) is 0 Å². The molecule has 0 saturated carbocycles. The van der Waals surface area contributed by atoms with Gasteiger partial charge >= 0.3 is 0 Å². The van der Waals surface area contributed by atoms with Crippen LogP contribution in [0.15, 0.2) is 42.5 Å². The van der Waals surface area contributed by atoms with Gasteiger partial charge in [-0.05, 0) is 54.7 Å². The quantitative estimate of drug-likeness (QED) is 0.810. The lowest BCUT2D eigenvalue weighted by atomic mass is 10.0. The molecule has 2 aromatic carbocycles. The standard InChI is InChI=1S/C17H20O2/c1-13-12-15(8-11-17(13)19-3)5-4-14-6-9-16(18-2)10-7-14/h6-12H,4-5H2,1-3H3. The van der Waals surface area contributed by atoms with Crippen LogP contribution >= 0.6 is 0 Å². The van der Waals surface area contributed by atoms with Crippen molar-refractivity contribution in [2.75, 3.05) is 14.2 Å². The lowest BCUT2D eigenvalue weighted by Crippen LogP contribution is -1.94. The van der Waals surface area contributed by atoms with E-state index < -0.39 is 0 Å². The van der Waals surface area contributed by atoms with E-state index in [1.54, 1.807) is 14.2 Å². The molecule has 100 valence electrons. The van der Waals surface area contributed by atoms with E-state index in [-0.39, 0.29) is 0 Å². The Labute approximate surface area is 115 Å². The van der Waals surface area contributed by atoms with Gasteiger partial charge in [-0.25, -0.2) is 0 Å². The van der Waals surface area contributed by atoms with Gasteiger partial charge in [-0.15, -0.1) is 0 Å². The van der Waals surface area contributed by atoms with E-state index in [0.29, 0.717) is 0 Å². The van der Waals surface area contributed by atoms with Gasteiger partial charge in [0.1, 0.15) is 11.5 Å². The van der Waals surface area contributed by atoms with Gasteiger partial charge in [0, 0.05) is 0 Å². The molecule has 2 heteroatoms. The van der Waals surface area contributed by atoms with Crippen molar-refractivity contribution in [2.24, 2.45) is 0 Å². The molecule has 0 heterocycles.